The highest BCUT2D eigenvalue weighted by atomic mass is 16.5. The van der Waals surface area contributed by atoms with Crippen molar-refractivity contribution in [2.75, 3.05) is 12.8 Å². The molecular formula is C16H15NO3. The molecule has 0 radical (unpaired) electrons. The summed E-state index contributed by atoms with van der Waals surface area (Å²) < 4.78 is 4.67. The third-order valence-electron chi connectivity index (χ3n) is 3.11. The van der Waals surface area contributed by atoms with E-state index in [1.165, 1.54) is 13.2 Å². The smallest absolute Gasteiger partial charge is 0.337 e. The topological polar surface area (TPSA) is 69.4 Å². The number of methoxy groups -OCH3 is 1. The quantitative estimate of drug-likeness (QED) is 0.528. The Morgan fingerprint density at radius 2 is 1.75 bits per heavy atom. The van der Waals surface area contributed by atoms with E-state index in [0.29, 0.717) is 22.4 Å². The van der Waals surface area contributed by atoms with E-state index in [0.717, 1.165) is 5.56 Å². The first-order valence-corrected chi connectivity index (χ1v) is 6.12. The fourth-order valence-corrected chi connectivity index (χ4v) is 1.96. The number of hydrogen-bond donors (Lipinski definition) is 1. The lowest BCUT2D eigenvalue weighted by atomic mass is 9.96. The first-order valence-electron chi connectivity index (χ1n) is 6.12. The minimum atomic E-state index is -0.472. The summed E-state index contributed by atoms with van der Waals surface area (Å²) in [4.78, 5) is 24.1. The van der Waals surface area contributed by atoms with Crippen molar-refractivity contribution in [2.45, 2.75) is 6.92 Å². The molecule has 0 saturated heterocycles. The lowest BCUT2D eigenvalue weighted by molar-refractivity contribution is 0.0600. The van der Waals surface area contributed by atoms with Gasteiger partial charge in [-0.15, -0.1) is 0 Å². The molecule has 0 atom stereocenters. The van der Waals surface area contributed by atoms with Gasteiger partial charge in [0, 0.05) is 16.8 Å². The summed E-state index contributed by atoms with van der Waals surface area (Å²) in [5, 5.41) is 0. The molecule has 2 aromatic carbocycles. The monoisotopic (exact) mass is 269 g/mol. The average molecular weight is 269 g/mol. The van der Waals surface area contributed by atoms with Crippen LogP contribution in [0.15, 0.2) is 42.5 Å². The number of nitrogens with two attached hydrogens (primary N) is 1. The van der Waals surface area contributed by atoms with Crippen molar-refractivity contribution >= 4 is 17.4 Å². The fraction of sp³-hybridized carbons (Fsp3) is 0.125. The number of nitrogen functional groups attached to an aromatic ring is 1. The Bertz CT molecular complexity index is 677. The molecule has 4 nitrogen and oxygen atoms in total. The number of ketones is 1. The normalized spacial score (nSPS) is 10.1. The van der Waals surface area contributed by atoms with Gasteiger partial charge in [-0.05, 0) is 36.8 Å². The second-order valence-corrected chi connectivity index (χ2v) is 4.44. The summed E-state index contributed by atoms with van der Waals surface area (Å²) in [6.07, 6.45) is 0. The van der Waals surface area contributed by atoms with Crippen molar-refractivity contribution in [3.63, 3.8) is 0 Å². The predicted molar refractivity (Wildman–Crippen MR) is 76.8 cm³/mol. The van der Waals surface area contributed by atoms with E-state index in [1.54, 1.807) is 36.4 Å². The van der Waals surface area contributed by atoms with E-state index in [9.17, 15) is 9.59 Å². The number of esters is 1. The van der Waals surface area contributed by atoms with Crippen LogP contribution < -0.4 is 5.73 Å². The van der Waals surface area contributed by atoms with Gasteiger partial charge >= 0.3 is 5.97 Å². The maximum absolute atomic E-state index is 12.5. The molecule has 0 spiro atoms. The molecule has 0 fully saturated rings. The molecule has 20 heavy (non-hydrogen) atoms. The van der Waals surface area contributed by atoms with Crippen molar-refractivity contribution in [1.29, 1.82) is 0 Å². The molecule has 0 aliphatic heterocycles. The van der Waals surface area contributed by atoms with Gasteiger partial charge in [0.15, 0.2) is 5.78 Å². The highest BCUT2D eigenvalue weighted by Crippen LogP contribution is 2.20. The number of carbonyl (C=O) groups excluding carboxylic acids is 2. The molecular weight excluding hydrogens is 254 g/mol. The van der Waals surface area contributed by atoms with Crippen LogP contribution in [0.1, 0.15) is 31.8 Å². The van der Waals surface area contributed by atoms with Crippen LogP contribution in [0, 0.1) is 6.92 Å². The average Bonchev–Trinajstić information content (AvgIpc) is 2.46. The number of anilines is 1. The lowest BCUT2D eigenvalue weighted by Gasteiger charge is -2.09. The fourth-order valence-electron chi connectivity index (χ4n) is 1.96. The van der Waals surface area contributed by atoms with E-state index in [-0.39, 0.29) is 5.78 Å². The van der Waals surface area contributed by atoms with Crippen molar-refractivity contribution < 1.29 is 14.3 Å². The van der Waals surface area contributed by atoms with Crippen LogP contribution >= 0.6 is 0 Å². The van der Waals surface area contributed by atoms with E-state index in [2.05, 4.69) is 4.74 Å². The van der Waals surface area contributed by atoms with Crippen LogP contribution in [0.3, 0.4) is 0 Å². The standard InChI is InChI=1S/C16H15NO3/c1-10-7-8-11(16(19)20-2)9-13(10)15(18)12-5-3-4-6-14(12)17/h3-9H,17H2,1-2H3. The number of para-hydroxylation sites is 1. The van der Waals surface area contributed by atoms with Crippen molar-refractivity contribution in [1.82, 2.24) is 0 Å². The van der Waals surface area contributed by atoms with Crippen molar-refractivity contribution in [3.8, 4) is 0 Å². The Kier molecular flexibility index (Phi) is 3.84. The molecule has 0 aromatic heterocycles. The summed E-state index contributed by atoms with van der Waals surface area (Å²) in [7, 11) is 1.30. The first-order chi connectivity index (χ1) is 9.54. The SMILES string of the molecule is COC(=O)c1ccc(C)c(C(=O)c2ccccc2N)c1. The zero-order valence-corrected chi connectivity index (χ0v) is 11.3. The Morgan fingerprint density at radius 3 is 2.40 bits per heavy atom. The Morgan fingerprint density at radius 1 is 1.05 bits per heavy atom. The summed E-state index contributed by atoms with van der Waals surface area (Å²) in [5.41, 5.74) is 8.24. The minimum absolute atomic E-state index is 0.202. The van der Waals surface area contributed by atoms with E-state index in [1.807, 2.05) is 6.92 Å². The van der Waals surface area contributed by atoms with Gasteiger partial charge in [0.2, 0.25) is 0 Å². The second-order valence-electron chi connectivity index (χ2n) is 4.44. The van der Waals surface area contributed by atoms with Gasteiger partial charge in [-0.3, -0.25) is 4.79 Å². The molecule has 2 aromatic rings. The van der Waals surface area contributed by atoms with Crippen LogP contribution in [0.2, 0.25) is 0 Å². The minimum Gasteiger partial charge on any atom is -0.465 e. The van der Waals surface area contributed by atoms with Crippen molar-refractivity contribution in [3.05, 3.63) is 64.7 Å². The van der Waals surface area contributed by atoms with Gasteiger partial charge in [0.05, 0.1) is 12.7 Å². The Hall–Kier alpha value is -2.62. The molecule has 0 aliphatic rings. The highest BCUT2D eigenvalue weighted by molar-refractivity contribution is 6.13. The summed E-state index contributed by atoms with van der Waals surface area (Å²) in [6, 6.07) is 11.8. The highest BCUT2D eigenvalue weighted by Gasteiger charge is 2.16. The van der Waals surface area contributed by atoms with Crippen LogP contribution in [0.5, 0.6) is 0 Å². The third kappa shape index (κ3) is 2.54. The molecule has 0 saturated carbocycles. The van der Waals surface area contributed by atoms with Crippen LogP contribution in [-0.4, -0.2) is 18.9 Å². The zero-order chi connectivity index (χ0) is 14.7. The Balaban J connectivity index is 2.49. The van der Waals surface area contributed by atoms with Crippen LogP contribution in [-0.2, 0) is 4.74 Å². The number of hydrogen-bond acceptors (Lipinski definition) is 4. The number of benzene rings is 2. The number of aryl methyl sites for hydroxylation is 1. The van der Waals surface area contributed by atoms with Crippen LogP contribution in [0.25, 0.3) is 0 Å². The second kappa shape index (κ2) is 5.57. The lowest BCUT2D eigenvalue weighted by Crippen LogP contribution is -2.09. The molecule has 0 aliphatic carbocycles. The summed E-state index contributed by atoms with van der Waals surface area (Å²) in [6.45, 7) is 1.81. The number of rotatable bonds is 3. The van der Waals surface area contributed by atoms with Gasteiger partial charge in [-0.1, -0.05) is 18.2 Å². The maximum atomic E-state index is 12.5. The molecule has 102 valence electrons. The first kappa shape index (κ1) is 13.8. The molecule has 0 bridgehead atoms. The van der Waals surface area contributed by atoms with Gasteiger partial charge in [-0.2, -0.15) is 0 Å². The summed E-state index contributed by atoms with van der Waals surface area (Å²) in [5.74, 6) is -0.675. The summed E-state index contributed by atoms with van der Waals surface area (Å²) >= 11 is 0. The maximum Gasteiger partial charge on any atom is 0.337 e. The third-order valence-corrected chi connectivity index (χ3v) is 3.11. The van der Waals surface area contributed by atoms with E-state index in [4.69, 9.17) is 5.73 Å². The van der Waals surface area contributed by atoms with E-state index < -0.39 is 5.97 Å². The zero-order valence-electron chi connectivity index (χ0n) is 11.3. The molecule has 0 heterocycles. The van der Waals surface area contributed by atoms with Gasteiger partial charge < -0.3 is 10.5 Å². The van der Waals surface area contributed by atoms with E-state index >= 15 is 0 Å². The largest absolute Gasteiger partial charge is 0.465 e. The van der Waals surface area contributed by atoms with Gasteiger partial charge in [-0.25, -0.2) is 4.79 Å². The van der Waals surface area contributed by atoms with Gasteiger partial charge in [0.1, 0.15) is 0 Å². The number of carbonyl (C=O) groups is 2. The molecule has 4 heteroatoms. The number of ether oxygens (including phenoxy) is 1. The van der Waals surface area contributed by atoms with Crippen LogP contribution in [0.4, 0.5) is 5.69 Å². The molecule has 0 unspecified atom stereocenters. The molecule has 0 amide bonds. The molecule has 2 N–H and O–H groups in total. The van der Waals surface area contributed by atoms with Gasteiger partial charge in [0.25, 0.3) is 0 Å². The van der Waals surface area contributed by atoms with Crippen molar-refractivity contribution in [2.24, 2.45) is 0 Å². The molecule has 2 rings (SSSR count). The predicted octanol–water partition coefficient (Wildman–Crippen LogP) is 2.59. The Labute approximate surface area is 117 Å².